The molecule has 0 fully saturated rings. The Labute approximate surface area is 157 Å². The highest BCUT2D eigenvalue weighted by molar-refractivity contribution is 7.15. The lowest BCUT2D eigenvalue weighted by atomic mass is 9.91. The fraction of sp³-hybridized carbons (Fsp3) is 0.647. The minimum Gasteiger partial charge on any atom is -0.292 e. The van der Waals surface area contributed by atoms with E-state index in [4.69, 9.17) is 0 Å². The number of fused-ring (bicyclic) bond motifs is 1. The van der Waals surface area contributed by atoms with Crippen molar-refractivity contribution in [1.29, 1.82) is 0 Å². The minimum atomic E-state index is -0.138. The summed E-state index contributed by atoms with van der Waals surface area (Å²) < 4.78 is 1.90. The van der Waals surface area contributed by atoms with Crippen molar-refractivity contribution in [2.45, 2.75) is 72.1 Å². The fourth-order valence-corrected chi connectivity index (χ4v) is 3.20. The van der Waals surface area contributed by atoms with E-state index in [-0.39, 0.29) is 16.7 Å². The molecule has 0 saturated heterocycles. The molecule has 0 bridgehead atoms. The molecule has 8 nitrogen and oxygen atoms in total. The largest absolute Gasteiger partial charge is 0.292 e. The van der Waals surface area contributed by atoms with Crippen LogP contribution in [0.25, 0.3) is 5.65 Å². The third-order valence-corrected chi connectivity index (χ3v) is 5.15. The lowest BCUT2D eigenvalue weighted by molar-refractivity contribution is 0.558. The monoisotopic (exact) mass is 374 g/mol. The molecule has 0 saturated carbocycles. The number of aromatic nitrogens is 6. The fourth-order valence-electron chi connectivity index (χ4n) is 2.48. The second-order valence-electron chi connectivity index (χ2n) is 8.80. The Kier molecular flexibility index (Phi) is 4.46. The van der Waals surface area contributed by atoms with Crippen LogP contribution in [-0.2, 0) is 10.8 Å². The standard InChI is InChI=1S/C17H26N8S/c1-9(2)12-19-20-13-10(11(16(3,4)5)24-25(12)13)18-22-15-23-21-14(26-15)17(6,7)8/h9,24H,1-8H3. The van der Waals surface area contributed by atoms with Gasteiger partial charge in [0.15, 0.2) is 11.5 Å². The zero-order valence-electron chi connectivity index (χ0n) is 16.6. The van der Waals surface area contributed by atoms with Gasteiger partial charge in [-0.25, -0.2) is 4.52 Å². The van der Waals surface area contributed by atoms with E-state index in [9.17, 15) is 0 Å². The van der Waals surface area contributed by atoms with Gasteiger partial charge in [0.25, 0.3) is 5.13 Å². The predicted octanol–water partition coefficient (Wildman–Crippen LogP) is 5.04. The van der Waals surface area contributed by atoms with Crippen molar-refractivity contribution < 1.29 is 0 Å². The van der Waals surface area contributed by atoms with Crippen molar-refractivity contribution in [2.75, 3.05) is 0 Å². The second kappa shape index (κ2) is 6.22. The van der Waals surface area contributed by atoms with Crippen LogP contribution >= 0.6 is 11.3 Å². The minimum absolute atomic E-state index is 0.0530. The van der Waals surface area contributed by atoms with Gasteiger partial charge in [0.2, 0.25) is 5.65 Å². The van der Waals surface area contributed by atoms with Crippen molar-refractivity contribution in [3.63, 3.8) is 0 Å². The summed E-state index contributed by atoms with van der Waals surface area (Å²) >= 11 is 1.45. The summed E-state index contributed by atoms with van der Waals surface area (Å²) in [6, 6.07) is 0. The number of rotatable bonds is 3. The van der Waals surface area contributed by atoms with Crippen LogP contribution in [0.15, 0.2) is 10.2 Å². The Bertz CT molecular complexity index is 946. The van der Waals surface area contributed by atoms with Gasteiger partial charge in [-0.05, 0) is 0 Å². The normalized spacial score (nSPS) is 13.6. The van der Waals surface area contributed by atoms with Crippen LogP contribution in [0.3, 0.4) is 0 Å². The average Bonchev–Trinajstić information content (AvgIpc) is 3.18. The summed E-state index contributed by atoms with van der Waals surface area (Å²) in [5, 5.41) is 30.7. The summed E-state index contributed by atoms with van der Waals surface area (Å²) in [7, 11) is 0. The third-order valence-electron chi connectivity index (χ3n) is 3.92. The first-order valence-corrected chi connectivity index (χ1v) is 9.53. The molecule has 0 unspecified atom stereocenters. The van der Waals surface area contributed by atoms with Crippen molar-refractivity contribution in [2.24, 2.45) is 10.2 Å². The number of hydrogen-bond donors (Lipinski definition) is 1. The first-order chi connectivity index (χ1) is 12.0. The zero-order valence-corrected chi connectivity index (χ0v) is 17.4. The van der Waals surface area contributed by atoms with E-state index in [1.54, 1.807) is 0 Å². The SMILES string of the molecule is CC(C)c1nnc2c(N=Nc3nnc(C(C)(C)C)s3)c(C(C)(C)C)[nH]n12. The Morgan fingerprint density at radius 3 is 2.15 bits per heavy atom. The van der Waals surface area contributed by atoms with Crippen LogP contribution in [-0.4, -0.2) is 30.0 Å². The summed E-state index contributed by atoms with van der Waals surface area (Å²) in [6.45, 7) is 16.9. The molecule has 0 aliphatic carbocycles. The smallest absolute Gasteiger partial charge is 0.251 e. The van der Waals surface area contributed by atoms with Crippen LogP contribution < -0.4 is 0 Å². The van der Waals surface area contributed by atoms with Gasteiger partial charge in [-0.2, -0.15) is 0 Å². The molecule has 0 aliphatic rings. The molecule has 1 N–H and O–H groups in total. The average molecular weight is 375 g/mol. The zero-order chi connectivity index (χ0) is 19.3. The highest BCUT2D eigenvalue weighted by atomic mass is 32.1. The van der Waals surface area contributed by atoms with E-state index in [0.29, 0.717) is 16.5 Å². The topological polar surface area (TPSA) is 96.5 Å². The molecular formula is C17H26N8S. The first-order valence-electron chi connectivity index (χ1n) is 8.71. The number of hydrogen-bond acceptors (Lipinski definition) is 7. The lowest BCUT2D eigenvalue weighted by Crippen LogP contribution is -2.13. The Morgan fingerprint density at radius 2 is 1.62 bits per heavy atom. The number of azo groups is 1. The van der Waals surface area contributed by atoms with Gasteiger partial charge in [0.05, 0.1) is 5.69 Å². The molecule has 0 amide bonds. The predicted molar refractivity (Wildman–Crippen MR) is 103 cm³/mol. The number of nitrogens with zero attached hydrogens (tertiary/aromatic N) is 7. The molecule has 0 atom stereocenters. The summed E-state index contributed by atoms with van der Waals surface area (Å²) in [5.41, 5.74) is 2.16. The number of H-pyrrole nitrogens is 1. The number of aromatic amines is 1. The van der Waals surface area contributed by atoms with Gasteiger partial charge in [0.1, 0.15) is 5.01 Å². The molecule has 140 valence electrons. The van der Waals surface area contributed by atoms with E-state index in [1.165, 1.54) is 11.3 Å². The van der Waals surface area contributed by atoms with Crippen LogP contribution in [0.1, 0.15) is 77.8 Å². The Hall–Kier alpha value is -2.16. The van der Waals surface area contributed by atoms with E-state index in [1.807, 2.05) is 4.52 Å². The highest BCUT2D eigenvalue weighted by Crippen LogP contribution is 2.36. The molecule has 3 heterocycles. The maximum Gasteiger partial charge on any atom is 0.251 e. The number of nitrogens with one attached hydrogen (secondary N) is 1. The van der Waals surface area contributed by atoms with Crippen molar-refractivity contribution in [3.8, 4) is 0 Å². The molecule has 9 heteroatoms. The summed E-state index contributed by atoms with van der Waals surface area (Å²) in [4.78, 5) is 0. The molecule has 3 rings (SSSR count). The molecule has 3 aromatic rings. The van der Waals surface area contributed by atoms with Crippen LogP contribution in [0, 0.1) is 0 Å². The van der Waals surface area contributed by atoms with Crippen LogP contribution in [0.5, 0.6) is 0 Å². The summed E-state index contributed by atoms with van der Waals surface area (Å²) in [5.74, 6) is 1.12. The van der Waals surface area contributed by atoms with Crippen LogP contribution in [0.2, 0.25) is 0 Å². The molecule has 0 aliphatic heterocycles. The van der Waals surface area contributed by atoms with Gasteiger partial charge in [-0.1, -0.05) is 66.7 Å². The van der Waals surface area contributed by atoms with Crippen molar-refractivity contribution in [3.05, 3.63) is 16.5 Å². The van der Waals surface area contributed by atoms with Gasteiger partial charge in [-0.15, -0.1) is 30.6 Å². The molecule has 0 radical (unpaired) electrons. The third kappa shape index (κ3) is 3.40. The quantitative estimate of drug-likeness (QED) is 0.649. The highest BCUT2D eigenvalue weighted by Gasteiger charge is 2.27. The Morgan fingerprint density at radius 1 is 0.923 bits per heavy atom. The van der Waals surface area contributed by atoms with Crippen molar-refractivity contribution in [1.82, 2.24) is 30.0 Å². The van der Waals surface area contributed by atoms with Gasteiger partial charge >= 0.3 is 0 Å². The van der Waals surface area contributed by atoms with E-state index < -0.39 is 0 Å². The molecule has 0 aromatic carbocycles. The van der Waals surface area contributed by atoms with E-state index in [2.05, 4.69) is 91.1 Å². The molecular weight excluding hydrogens is 348 g/mol. The van der Waals surface area contributed by atoms with E-state index in [0.717, 1.165) is 16.5 Å². The van der Waals surface area contributed by atoms with E-state index >= 15 is 0 Å². The second-order valence-corrected chi connectivity index (χ2v) is 9.75. The first kappa shape index (κ1) is 18.6. The lowest BCUT2D eigenvalue weighted by Gasteiger charge is -2.16. The Balaban J connectivity index is 2.07. The van der Waals surface area contributed by atoms with Gasteiger partial charge < -0.3 is 0 Å². The maximum absolute atomic E-state index is 4.48. The van der Waals surface area contributed by atoms with Gasteiger partial charge in [0, 0.05) is 16.7 Å². The molecule has 26 heavy (non-hydrogen) atoms. The molecule has 0 spiro atoms. The molecule has 3 aromatic heterocycles. The maximum atomic E-state index is 4.48. The van der Waals surface area contributed by atoms with Crippen molar-refractivity contribution >= 4 is 27.8 Å². The summed E-state index contributed by atoms with van der Waals surface area (Å²) in [6.07, 6.45) is 0. The van der Waals surface area contributed by atoms with Gasteiger partial charge in [-0.3, -0.25) is 5.10 Å². The van der Waals surface area contributed by atoms with Crippen LogP contribution in [0.4, 0.5) is 10.8 Å².